The van der Waals surface area contributed by atoms with E-state index in [4.69, 9.17) is 9.47 Å². The van der Waals surface area contributed by atoms with Gasteiger partial charge in [-0.25, -0.2) is 9.59 Å². The first kappa shape index (κ1) is 23.7. The summed E-state index contributed by atoms with van der Waals surface area (Å²) in [5.41, 5.74) is 3.12. The fourth-order valence-corrected chi connectivity index (χ4v) is 6.65. The fourth-order valence-electron chi connectivity index (χ4n) is 5.30. The number of alkyl carbamates (subject to hydrolysis) is 1. The van der Waals surface area contributed by atoms with Gasteiger partial charge in [0.2, 0.25) is 0 Å². The predicted octanol–water partition coefficient (Wildman–Crippen LogP) is 3.45. The Hall–Kier alpha value is -3.04. The number of thioether (sulfide) groups is 1. The van der Waals surface area contributed by atoms with Crippen molar-refractivity contribution in [2.75, 3.05) is 25.6 Å². The zero-order chi connectivity index (χ0) is 24.6. The van der Waals surface area contributed by atoms with Crippen molar-refractivity contribution < 1.29 is 29.0 Å². The minimum absolute atomic E-state index is 0.0139. The lowest BCUT2D eigenvalue weighted by Gasteiger charge is -2.36. The minimum Gasteiger partial charge on any atom is -0.480 e. The number of ether oxygens (including phenoxy) is 2. The van der Waals surface area contributed by atoms with Crippen molar-refractivity contribution in [3.8, 4) is 11.1 Å². The summed E-state index contributed by atoms with van der Waals surface area (Å²) in [4.78, 5) is 39.9. The van der Waals surface area contributed by atoms with Gasteiger partial charge in [-0.3, -0.25) is 4.79 Å². The van der Waals surface area contributed by atoms with Gasteiger partial charge in [-0.05, 0) is 28.7 Å². The number of carbonyl (C=O) groups is 3. The van der Waals surface area contributed by atoms with Crippen LogP contribution in [0, 0.1) is 0 Å². The molecule has 2 N–H and O–H groups in total. The Morgan fingerprint density at radius 1 is 1.14 bits per heavy atom. The summed E-state index contributed by atoms with van der Waals surface area (Å²) in [7, 11) is 0. The van der Waals surface area contributed by atoms with Crippen LogP contribution in [0.2, 0.25) is 0 Å². The third-order valence-corrected chi connectivity index (χ3v) is 8.53. The lowest BCUT2D eigenvalue weighted by Crippen LogP contribution is -2.63. The van der Waals surface area contributed by atoms with E-state index in [1.807, 2.05) is 43.3 Å². The van der Waals surface area contributed by atoms with E-state index in [1.54, 1.807) is 0 Å². The second-order valence-corrected chi connectivity index (χ2v) is 10.3. The Morgan fingerprint density at radius 3 is 2.37 bits per heavy atom. The molecule has 3 unspecified atom stereocenters. The summed E-state index contributed by atoms with van der Waals surface area (Å²) in [5, 5.41) is 12.2. The van der Waals surface area contributed by atoms with Crippen LogP contribution >= 0.6 is 11.8 Å². The second kappa shape index (κ2) is 9.54. The lowest BCUT2D eigenvalue weighted by molar-refractivity contribution is -0.152. The van der Waals surface area contributed by atoms with Crippen molar-refractivity contribution >= 4 is 29.7 Å². The SMILES string of the molecule is CCC1SCC(C(=O)O)N1C(=O)C1(NC(=O)OCC2c3ccccc3-c3ccccc32)CCOC1. The molecule has 2 heterocycles. The highest BCUT2D eigenvalue weighted by atomic mass is 32.2. The molecule has 2 aromatic rings. The molecule has 0 spiro atoms. The average molecular weight is 497 g/mol. The third kappa shape index (κ3) is 4.16. The number of carbonyl (C=O) groups excluding carboxylic acids is 2. The molecule has 0 radical (unpaired) electrons. The minimum atomic E-state index is -1.34. The van der Waals surface area contributed by atoms with Gasteiger partial charge in [-0.2, -0.15) is 0 Å². The number of benzene rings is 2. The van der Waals surface area contributed by atoms with E-state index < -0.39 is 29.6 Å². The van der Waals surface area contributed by atoms with E-state index in [0.717, 1.165) is 22.3 Å². The van der Waals surface area contributed by atoms with Crippen molar-refractivity contribution in [2.45, 2.75) is 42.6 Å². The molecule has 2 fully saturated rings. The predicted molar refractivity (Wildman–Crippen MR) is 131 cm³/mol. The van der Waals surface area contributed by atoms with Gasteiger partial charge in [0.1, 0.15) is 18.2 Å². The van der Waals surface area contributed by atoms with Gasteiger partial charge in [-0.1, -0.05) is 55.5 Å². The number of hydrogen-bond donors (Lipinski definition) is 2. The Kier molecular flexibility index (Phi) is 6.46. The summed E-state index contributed by atoms with van der Waals surface area (Å²) in [5.74, 6) is -1.25. The lowest BCUT2D eigenvalue weighted by atomic mass is 9.95. The molecule has 35 heavy (non-hydrogen) atoms. The Morgan fingerprint density at radius 2 is 1.80 bits per heavy atom. The molecule has 184 valence electrons. The molecule has 0 aromatic heterocycles. The zero-order valence-corrected chi connectivity index (χ0v) is 20.3. The number of hydrogen-bond acceptors (Lipinski definition) is 6. The topological polar surface area (TPSA) is 105 Å². The van der Waals surface area contributed by atoms with E-state index in [1.165, 1.54) is 16.7 Å². The molecular formula is C26H28N2O6S. The largest absolute Gasteiger partial charge is 0.480 e. The van der Waals surface area contributed by atoms with Crippen molar-refractivity contribution in [3.05, 3.63) is 59.7 Å². The number of amides is 2. The number of carboxylic acids is 1. The summed E-state index contributed by atoms with van der Waals surface area (Å²) in [6.45, 7) is 2.32. The first-order chi connectivity index (χ1) is 16.9. The number of aliphatic carboxylic acids is 1. The van der Waals surface area contributed by atoms with Crippen LogP contribution in [-0.2, 0) is 19.1 Å². The number of rotatable bonds is 6. The van der Waals surface area contributed by atoms with Crippen LogP contribution in [0.15, 0.2) is 48.5 Å². The summed E-state index contributed by atoms with van der Waals surface area (Å²) >= 11 is 1.45. The zero-order valence-electron chi connectivity index (χ0n) is 19.4. The summed E-state index contributed by atoms with van der Waals surface area (Å²) in [6, 6.07) is 15.2. The molecular weight excluding hydrogens is 468 g/mol. The molecule has 5 rings (SSSR count). The van der Waals surface area contributed by atoms with Crippen LogP contribution < -0.4 is 5.32 Å². The smallest absolute Gasteiger partial charge is 0.408 e. The van der Waals surface area contributed by atoms with Gasteiger partial charge >= 0.3 is 12.1 Å². The molecule has 9 heteroatoms. The van der Waals surface area contributed by atoms with Crippen LogP contribution in [0.1, 0.15) is 36.8 Å². The first-order valence-corrected chi connectivity index (χ1v) is 12.9. The van der Waals surface area contributed by atoms with Gasteiger partial charge in [-0.15, -0.1) is 11.8 Å². The highest BCUT2D eigenvalue weighted by Crippen LogP contribution is 2.44. The van der Waals surface area contributed by atoms with Crippen LogP contribution in [0.25, 0.3) is 11.1 Å². The molecule has 3 aliphatic rings. The van der Waals surface area contributed by atoms with Crippen LogP contribution in [0.3, 0.4) is 0 Å². The van der Waals surface area contributed by atoms with Crippen molar-refractivity contribution in [2.24, 2.45) is 0 Å². The normalized spacial score (nSPS) is 25.2. The monoisotopic (exact) mass is 496 g/mol. The van der Waals surface area contributed by atoms with Crippen LogP contribution in [0.4, 0.5) is 4.79 Å². The number of carboxylic acid groups (broad SMARTS) is 1. The van der Waals surface area contributed by atoms with Crippen LogP contribution in [0.5, 0.6) is 0 Å². The van der Waals surface area contributed by atoms with Gasteiger partial charge in [0.05, 0.1) is 12.0 Å². The van der Waals surface area contributed by atoms with Gasteiger partial charge < -0.3 is 24.8 Å². The average Bonchev–Trinajstić information content (AvgIpc) is 3.59. The van der Waals surface area contributed by atoms with Crippen molar-refractivity contribution in [1.82, 2.24) is 10.2 Å². The Balaban J connectivity index is 1.32. The molecule has 1 aliphatic carbocycles. The highest BCUT2D eigenvalue weighted by Gasteiger charge is 2.52. The first-order valence-electron chi connectivity index (χ1n) is 11.8. The van der Waals surface area contributed by atoms with E-state index in [2.05, 4.69) is 17.4 Å². The van der Waals surface area contributed by atoms with Gasteiger partial charge in [0.25, 0.3) is 5.91 Å². The number of nitrogens with zero attached hydrogens (tertiary/aromatic N) is 1. The maximum atomic E-state index is 13.7. The van der Waals surface area contributed by atoms with E-state index in [-0.39, 0.29) is 30.9 Å². The molecule has 2 saturated heterocycles. The Bertz CT molecular complexity index is 1100. The molecule has 2 aromatic carbocycles. The quantitative estimate of drug-likeness (QED) is 0.631. The van der Waals surface area contributed by atoms with E-state index in [9.17, 15) is 19.5 Å². The van der Waals surface area contributed by atoms with E-state index in [0.29, 0.717) is 18.8 Å². The summed E-state index contributed by atoms with van der Waals surface area (Å²) in [6.07, 6.45) is 0.166. The molecule has 0 bridgehead atoms. The standard InChI is InChI=1S/C26H28N2O6S/c1-2-22-28(21(14-35-22)23(29)30)24(31)26(11-12-33-15-26)27-25(32)34-13-20-18-9-5-3-7-16(18)17-8-4-6-10-19(17)20/h3-10,20-22H,2,11-15H2,1H3,(H,27,32)(H,29,30). The summed E-state index contributed by atoms with van der Waals surface area (Å²) < 4.78 is 11.2. The second-order valence-electron chi connectivity index (χ2n) is 9.10. The number of nitrogens with one attached hydrogen (secondary N) is 1. The molecule has 8 nitrogen and oxygen atoms in total. The Labute approximate surface area is 208 Å². The molecule has 3 atom stereocenters. The van der Waals surface area contributed by atoms with Crippen molar-refractivity contribution in [1.29, 1.82) is 0 Å². The fraction of sp³-hybridized carbons (Fsp3) is 0.423. The highest BCUT2D eigenvalue weighted by molar-refractivity contribution is 8.00. The van der Waals surface area contributed by atoms with Gasteiger partial charge in [0.15, 0.2) is 0 Å². The van der Waals surface area contributed by atoms with Crippen molar-refractivity contribution in [3.63, 3.8) is 0 Å². The molecule has 2 amide bonds. The molecule has 0 saturated carbocycles. The molecule has 2 aliphatic heterocycles. The maximum Gasteiger partial charge on any atom is 0.408 e. The van der Waals surface area contributed by atoms with Crippen LogP contribution in [-0.4, -0.2) is 70.5 Å². The maximum absolute atomic E-state index is 13.7. The van der Waals surface area contributed by atoms with E-state index >= 15 is 0 Å². The number of fused-ring (bicyclic) bond motifs is 3. The third-order valence-electron chi connectivity index (χ3n) is 7.08. The van der Waals surface area contributed by atoms with Gasteiger partial charge in [0, 0.05) is 24.7 Å².